The fourth-order valence-corrected chi connectivity index (χ4v) is 2.91. The highest BCUT2D eigenvalue weighted by atomic mass is 16.5. The van der Waals surface area contributed by atoms with E-state index < -0.39 is 6.04 Å². The van der Waals surface area contributed by atoms with Crippen molar-refractivity contribution in [1.82, 2.24) is 15.7 Å². The quantitative estimate of drug-likeness (QED) is 0.435. The van der Waals surface area contributed by atoms with Crippen LogP contribution in [0.15, 0.2) is 59.8 Å². The second-order valence-electron chi connectivity index (χ2n) is 6.32. The van der Waals surface area contributed by atoms with Crippen LogP contribution in [0.5, 0.6) is 5.75 Å². The molecule has 0 fully saturated rings. The molecule has 1 atom stereocenters. The Balaban J connectivity index is 1.68. The minimum Gasteiger partial charge on any atom is -0.497 e. The van der Waals surface area contributed by atoms with Gasteiger partial charge in [-0.2, -0.15) is 5.10 Å². The summed E-state index contributed by atoms with van der Waals surface area (Å²) >= 11 is 0. The fourth-order valence-electron chi connectivity index (χ4n) is 2.91. The van der Waals surface area contributed by atoms with Gasteiger partial charge in [0.2, 0.25) is 5.91 Å². The van der Waals surface area contributed by atoms with Gasteiger partial charge < -0.3 is 15.0 Å². The van der Waals surface area contributed by atoms with E-state index >= 15 is 0 Å². The van der Waals surface area contributed by atoms with E-state index in [4.69, 9.17) is 4.74 Å². The summed E-state index contributed by atoms with van der Waals surface area (Å²) in [5.41, 5.74) is 5.24. The van der Waals surface area contributed by atoms with Crippen molar-refractivity contribution in [2.45, 2.75) is 19.4 Å². The van der Waals surface area contributed by atoms with Crippen LogP contribution >= 0.6 is 0 Å². The van der Waals surface area contributed by atoms with E-state index in [1.165, 1.54) is 13.1 Å². The largest absolute Gasteiger partial charge is 0.497 e. The number of hydrogen-bond acceptors (Lipinski definition) is 4. The number of aromatic amines is 1. The summed E-state index contributed by atoms with van der Waals surface area (Å²) in [6, 6.07) is 14.3. The molecule has 2 aromatic carbocycles. The summed E-state index contributed by atoms with van der Waals surface area (Å²) in [5, 5.41) is 7.70. The summed E-state index contributed by atoms with van der Waals surface area (Å²) in [5.74, 6) is 0.0787. The lowest BCUT2D eigenvalue weighted by Gasteiger charge is -2.15. The van der Waals surface area contributed by atoms with Crippen molar-refractivity contribution in [2.24, 2.45) is 5.10 Å². The van der Waals surface area contributed by atoms with E-state index in [1.54, 1.807) is 19.2 Å². The predicted octanol–water partition coefficient (Wildman–Crippen LogP) is 2.37. The Kier molecular flexibility index (Phi) is 6.06. The van der Waals surface area contributed by atoms with Gasteiger partial charge in [0.15, 0.2) is 0 Å². The number of hydrazone groups is 1. The first-order chi connectivity index (χ1) is 13.6. The topological polar surface area (TPSA) is 95.6 Å². The molecule has 3 aromatic rings. The smallest absolute Gasteiger partial charge is 0.262 e. The van der Waals surface area contributed by atoms with Crippen LogP contribution in [0.25, 0.3) is 10.9 Å². The Labute approximate surface area is 162 Å². The third-order valence-electron chi connectivity index (χ3n) is 4.30. The molecule has 0 saturated heterocycles. The lowest BCUT2D eigenvalue weighted by atomic mass is 10.0. The maximum atomic E-state index is 12.6. The lowest BCUT2D eigenvalue weighted by molar-refractivity contribution is -0.128. The van der Waals surface area contributed by atoms with Gasteiger partial charge in [0.25, 0.3) is 5.91 Å². The number of fused-ring (bicyclic) bond motifs is 1. The first-order valence-corrected chi connectivity index (χ1v) is 8.86. The minimum atomic E-state index is -0.732. The summed E-state index contributed by atoms with van der Waals surface area (Å²) in [6.07, 6.45) is 3.74. The zero-order valence-electron chi connectivity index (χ0n) is 15.7. The molecule has 144 valence electrons. The average molecular weight is 378 g/mol. The summed E-state index contributed by atoms with van der Waals surface area (Å²) in [4.78, 5) is 27.3. The van der Waals surface area contributed by atoms with Gasteiger partial charge in [0.1, 0.15) is 11.8 Å². The average Bonchev–Trinajstić information content (AvgIpc) is 3.10. The number of nitrogens with one attached hydrogen (secondary N) is 3. The third kappa shape index (κ3) is 4.76. The van der Waals surface area contributed by atoms with E-state index in [9.17, 15) is 9.59 Å². The van der Waals surface area contributed by atoms with Crippen molar-refractivity contribution in [3.05, 3.63) is 65.9 Å². The van der Waals surface area contributed by atoms with Crippen LogP contribution in [-0.4, -0.2) is 36.2 Å². The number of nitrogens with zero attached hydrogens (tertiary/aromatic N) is 1. The number of H-pyrrole nitrogens is 1. The van der Waals surface area contributed by atoms with Crippen LogP contribution in [0, 0.1) is 0 Å². The highest BCUT2D eigenvalue weighted by molar-refractivity contribution is 5.90. The molecule has 28 heavy (non-hydrogen) atoms. The first-order valence-electron chi connectivity index (χ1n) is 8.86. The molecule has 7 heteroatoms. The second kappa shape index (κ2) is 8.85. The van der Waals surface area contributed by atoms with Crippen LogP contribution in [0.1, 0.15) is 18.1 Å². The molecule has 3 rings (SSSR count). The van der Waals surface area contributed by atoms with Gasteiger partial charge in [-0.15, -0.1) is 0 Å². The Morgan fingerprint density at radius 2 is 1.93 bits per heavy atom. The van der Waals surface area contributed by atoms with Crippen molar-refractivity contribution < 1.29 is 14.3 Å². The molecule has 0 aliphatic rings. The van der Waals surface area contributed by atoms with Crippen LogP contribution in [0.2, 0.25) is 0 Å². The Hall–Kier alpha value is -3.61. The molecule has 0 bridgehead atoms. The standard InChI is InChI=1S/C21H22N4O3/c1-14(26)24-20(11-16-13-22-19-6-4-3-5-18(16)19)21(27)25-23-12-15-7-9-17(28-2)10-8-15/h3-10,12-13,20,22H,11H2,1-2H3,(H,24,26)(H,25,27)/t20-/m0/s1. The molecule has 7 nitrogen and oxygen atoms in total. The number of para-hydroxylation sites is 1. The van der Waals surface area contributed by atoms with Gasteiger partial charge in [-0.25, -0.2) is 5.43 Å². The molecule has 0 saturated carbocycles. The highest BCUT2D eigenvalue weighted by Crippen LogP contribution is 2.19. The van der Waals surface area contributed by atoms with Crippen LogP contribution in [0.4, 0.5) is 0 Å². The molecule has 3 N–H and O–H groups in total. The zero-order chi connectivity index (χ0) is 19.9. The van der Waals surface area contributed by atoms with Crippen molar-refractivity contribution in [3.8, 4) is 5.75 Å². The molecule has 2 amide bonds. The van der Waals surface area contributed by atoms with Crippen molar-refractivity contribution in [3.63, 3.8) is 0 Å². The number of benzene rings is 2. The van der Waals surface area contributed by atoms with Gasteiger partial charge in [0, 0.05) is 30.4 Å². The van der Waals surface area contributed by atoms with E-state index in [0.29, 0.717) is 6.42 Å². The normalized spacial score (nSPS) is 12.1. The molecule has 0 aliphatic heterocycles. The molecular weight excluding hydrogens is 356 g/mol. The van der Waals surface area contributed by atoms with Crippen LogP contribution in [-0.2, 0) is 16.0 Å². The van der Waals surface area contributed by atoms with E-state index in [1.807, 2.05) is 42.6 Å². The number of methoxy groups -OCH3 is 1. The number of carbonyl (C=O) groups is 2. The molecule has 0 aliphatic carbocycles. The van der Waals surface area contributed by atoms with E-state index in [0.717, 1.165) is 27.8 Å². The number of hydrogen-bond donors (Lipinski definition) is 3. The monoisotopic (exact) mass is 378 g/mol. The Morgan fingerprint density at radius 3 is 2.64 bits per heavy atom. The maximum Gasteiger partial charge on any atom is 0.262 e. The molecule has 0 unspecified atom stereocenters. The SMILES string of the molecule is COc1ccc(C=NNC(=O)[C@H](Cc2c[nH]c3ccccc23)NC(C)=O)cc1. The number of carbonyl (C=O) groups excluding carboxylic acids is 2. The molecule has 1 aromatic heterocycles. The lowest BCUT2D eigenvalue weighted by Crippen LogP contribution is -2.46. The highest BCUT2D eigenvalue weighted by Gasteiger charge is 2.21. The number of amides is 2. The fraction of sp³-hybridized carbons (Fsp3) is 0.190. The Morgan fingerprint density at radius 1 is 1.18 bits per heavy atom. The van der Waals surface area contributed by atoms with Gasteiger partial charge in [0.05, 0.1) is 13.3 Å². The molecular formula is C21H22N4O3. The zero-order valence-corrected chi connectivity index (χ0v) is 15.7. The maximum absolute atomic E-state index is 12.6. The number of ether oxygens (including phenoxy) is 1. The van der Waals surface area contributed by atoms with Gasteiger partial charge in [-0.1, -0.05) is 18.2 Å². The van der Waals surface area contributed by atoms with Crippen molar-refractivity contribution in [2.75, 3.05) is 7.11 Å². The van der Waals surface area contributed by atoms with Crippen molar-refractivity contribution in [1.29, 1.82) is 0 Å². The minimum absolute atomic E-state index is 0.279. The number of aromatic nitrogens is 1. The third-order valence-corrected chi connectivity index (χ3v) is 4.30. The second-order valence-corrected chi connectivity index (χ2v) is 6.32. The van der Waals surface area contributed by atoms with Crippen LogP contribution in [0.3, 0.4) is 0 Å². The molecule has 1 heterocycles. The van der Waals surface area contributed by atoms with Crippen LogP contribution < -0.4 is 15.5 Å². The van der Waals surface area contributed by atoms with Gasteiger partial charge >= 0.3 is 0 Å². The summed E-state index contributed by atoms with van der Waals surface area (Å²) < 4.78 is 5.10. The van der Waals surface area contributed by atoms with Gasteiger partial charge in [-0.3, -0.25) is 9.59 Å². The summed E-state index contributed by atoms with van der Waals surface area (Å²) in [7, 11) is 1.60. The Bertz CT molecular complexity index is 992. The molecule has 0 radical (unpaired) electrons. The first kappa shape index (κ1) is 19.2. The van der Waals surface area contributed by atoms with E-state index in [2.05, 4.69) is 20.8 Å². The van der Waals surface area contributed by atoms with Crippen molar-refractivity contribution >= 4 is 28.9 Å². The summed E-state index contributed by atoms with van der Waals surface area (Å²) in [6.45, 7) is 1.39. The van der Waals surface area contributed by atoms with Gasteiger partial charge in [-0.05, 0) is 41.5 Å². The predicted molar refractivity (Wildman–Crippen MR) is 108 cm³/mol. The molecule has 0 spiro atoms. The number of rotatable bonds is 7. The van der Waals surface area contributed by atoms with E-state index in [-0.39, 0.29) is 11.8 Å².